The Kier molecular flexibility index (Phi) is 5.65. The predicted octanol–water partition coefficient (Wildman–Crippen LogP) is 1.78. The zero-order chi connectivity index (χ0) is 18.5. The van der Waals surface area contributed by atoms with Gasteiger partial charge in [0.25, 0.3) is 11.5 Å². The first kappa shape index (κ1) is 18.1. The zero-order valence-electron chi connectivity index (χ0n) is 14.8. The monoisotopic (exact) mass is 357 g/mol. The third-order valence-corrected chi connectivity index (χ3v) is 4.67. The van der Waals surface area contributed by atoms with Gasteiger partial charge in [0.1, 0.15) is 0 Å². The quantitative estimate of drug-likeness (QED) is 0.796. The van der Waals surface area contributed by atoms with Crippen LogP contribution >= 0.6 is 0 Å². The molecule has 1 unspecified atom stereocenters. The first-order valence-electron chi connectivity index (χ1n) is 8.98. The van der Waals surface area contributed by atoms with Gasteiger partial charge in [-0.25, -0.2) is 4.98 Å². The molecule has 1 fully saturated rings. The summed E-state index contributed by atoms with van der Waals surface area (Å²) in [4.78, 5) is 40.6. The third-order valence-electron chi connectivity index (χ3n) is 4.67. The molecule has 26 heavy (non-hydrogen) atoms. The number of aromatic nitrogens is 2. The first-order chi connectivity index (χ1) is 12.5. The van der Waals surface area contributed by atoms with Crippen molar-refractivity contribution in [1.29, 1.82) is 0 Å². The summed E-state index contributed by atoms with van der Waals surface area (Å²) in [5.74, 6) is -0.783. The number of esters is 1. The van der Waals surface area contributed by atoms with Crippen molar-refractivity contribution in [3.8, 4) is 0 Å². The van der Waals surface area contributed by atoms with Crippen LogP contribution in [0.5, 0.6) is 0 Å². The Morgan fingerprint density at radius 2 is 2.04 bits per heavy atom. The molecule has 1 aliphatic rings. The van der Waals surface area contributed by atoms with Gasteiger partial charge in [-0.1, -0.05) is 25.0 Å². The Bertz CT molecular complexity index is 855. The summed E-state index contributed by atoms with van der Waals surface area (Å²) in [6.45, 7) is 1.72. The molecule has 0 radical (unpaired) electrons. The molecular formula is C19H23N3O4. The highest BCUT2D eigenvalue weighted by atomic mass is 16.5. The average molecular weight is 357 g/mol. The summed E-state index contributed by atoms with van der Waals surface area (Å²) >= 11 is 0. The summed E-state index contributed by atoms with van der Waals surface area (Å²) in [6, 6.07) is 7.24. The van der Waals surface area contributed by atoms with E-state index < -0.39 is 12.1 Å². The van der Waals surface area contributed by atoms with Crippen LogP contribution in [0.2, 0.25) is 0 Å². The molecule has 1 atom stereocenters. The lowest BCUT2D eigenvalue weighted by Gasteiger charge is -2.17. The van der Waals surface area contributed by atoms with Crippen molar-refractivity contribution in [2.45, 2.75) is 57.7 Å². The maximum Gasteiger partial charge on any atom is 0.308 e. The van der Waals surface area contributed by atoms with Crippen molar-refractivity contribution in [1.82, 2.24) is 14.9 Å². The Balaban J connectivity index is 1.53. The van der Waals surface area contributed by atoms with E-state index in [1.54, 1.807) is 25.1 Å². The molecule has 1 heterocycles. The maximum atomic E-state index is 12.4. The van der Waals surface area contributed by atoms with E-state index in [2.05, 4.69) is 10.3 Å². The lowest BCUT2D eigenvalue weighted by Crippen LogP contribution is -2.41. The van der Waals surface area contributed by atoms with E-state index in [1.807, 2.05) is 6.07 Å². The molecule has 1 aromatic carbocycles. The van der Waals surface area contributed by atoms with Crippen molar-refractivity contribution in [3.63, 3.8) is 0 Å². The predicted molar refractivity (Wildman–Crippen MR) is 96.6 cm³/mol. The lowest BCUT2D eigenvalue weighted by atomic mass is 10.2. The number of carbonyl (C=O) groups is 2. The molecule has 0 spiro atoms. The summed E-state index contributed by atoms with van der Waals surface area (Å²) < 4.78 is 6.57. The van der Waals surface area contributed by atoms with E-state index in [9.17, 15) is 14.4 Å². The highest BCUT2D eigenvalue weighted by molar-refractivity contribution is 5.83. The van der Waals surface area contributed by atoms with Gasteiger partial charge < -0.3 is 10.1 Å². The van der Waals surface area contributed by atoms with E-state index in [-0.39, 0.29) is 30.5 Å². The fourth-order valence-electron chi connectivity index (χ4n) is 3.18. The number of ether oxygens (including phenoxy) is 1. The maximum absolute atomic E-state index is 12.4. The van der Waals surface area contributed by atoms with Gasteiger partial charge in [-0.05, 0) is 31.9 Å². The van der Waals surface area contributed by atoms with Gasteiger partial charge in [0, 0.05) is 12.6 Å². The Hall–Kier alpha value is -2.70. The minimum Gasteiger partial charge on any atom is -0.452 e. The molecule has 1 N–H and O–H groups in total. The van der Waals surface area contributed by atoms with Crippen LogP contribution in [0, 0.1) is 0 Å². The number of amides is 1. The van der Waals surface area contributed by atoms with Gasteiger partial charge in [0.05, 0.1) is 23.7 Å². The number of aryl methyl sites for hydroxylation is 1. The number of fused-ring (bicyclic) bond motifs is 1. The number of hydrogen-bond acceptors (Lipinski definition) is 5. The number of carbonyl (C=O) groups excluding carboxylic acids is 2. The molecule has 0 bridgehead atoms. The number of benzene rings is 1. The van der Waals surface area contributed by atoms with Crippen LogP contribution in [0.3, 0.4) is 0 Å². The molecule has 3 rings (SSSR count). The fourth-order valence-corrected chi connectivity index (χ4v) is 3.18. The lowest BCUT2D eigenvalue weighted by molar-refractivity contribution is -0.155. The first-order valence-corrected chi connectivity index (χ1v) is 8.98. The molecule has 1 amide bonds. The van der Waals surface area contributed by atoms with E-state index in [0.717, 1.165) is 25.7 Å². The molecule has 0 aliphatic heterocycles. The minimum absolute atomic E-state index is 0.000968. The van der Waals surface area contributed by atoms with Crippen LogP contribution in [0.4, 0.5) is 0 Å². The Labute approximate surface area is 151 Å². The molecule has 138 valence electrons. The molecular weight excluding hydrogens is 334 g/mol. The molecule has 7 heteroatoms. The van der Waals surface area contributed by atoms with Crippen molar-refractivity contribution in [2.75, 3.05) is 0 Å². The van der Waals surface area contributed by atoms with Gasteiger partial charge >= 0.3 is 5.97 Å². The normalized spacial score (nSPS) is 15.7. The Morgan fingerprint density at radius 3 is 2.81 bits per heavy atom. The third kappa shape index (κ3) is 4.28. The van der Waals surface area contributed by atoms with Gasteiger partial charge in [-0.3, -0.25) is 19.0 Å². The van der Waals surface area contributed by atoms with Crippen LogP contribution in [0.15, 0.2) is 35.4 Å². The van der Waals surface area contributed by atoms with E-state index in [0.29, 0.717) is 10.9 Å². The number of nitrogens with zero attached hydrogens (tertiary/aromatic N) is 2. The van der Waals surface area contributed by atoms with Crippen molar-refractivity contribution >= 4 is 22.8 Å². The zero-order valence-corrected chi connectivity index (χ0v) is 14.8. The number of nitrogens with one attached hydrogen (secondary N) is 1. The smallest absolute Gasteiger partial charge is 0.308 e. The van der Waals surface area contributed by atoms with Crippen LogP contribution in [0.1, 0.15) is 39.0 Å². The molecule has 1 aliphatic carbocycles. The summed E-state index contributed by atoms with van der Waals surface area (Å²) in [6.07, 6.45) is 4.78. The SMILES string of the molecule is CC(OC(=O)CCn1cnc2ccccc2c1=O)C(=O)NC1CCCC1. The van der Waals surface area contributed by atoms with Crippen LogP contribution in [-0.2, 0) is 20.9 Å². The fraction of sp³-hybridized carbons (Fsp3) is 0.474. The molecule has 1 saturated carbocycles. The largest absolute Gasteiger partial charge is 0.452 e. The van der Waals surface area contributed by atoms with E-state index in [4.69, 9.17) is 4.74 Å². The van der Waals surface area contributed by atoms with E-state index in [1.165, 1.54) is 10.9 Å². The van der Waals surface area contributed by atoms with Gasteiger partial charge in [-0.15, -0.1) is 0 Å². The molecule has 7 nitrogen and oxygen atoms in total. The van der Waals surface area contributed by atoms with E-state index >= 15 is 0 Å². The second-order valence-electron chi connectivity index (χ2n) is 6.63. The summed E-state index contributed by atoms with van der Waals surface area (Å²) in [7, 11) is 0. The summed E-state index contributed by atoms with van der Waals surface area (Å²) in [5, 5.41) is 3.41. The van der Waals surface area contributed by atoms with Gasteiger partial charge in [-0.2, -0.15) is 0 Å². The minimum atomic E-state index is -0.838. The van der Waals surface area contributed by atoms with Crippen molar-refractivity contribution in [2.24, 2.45) is 0 Å². The van der Waals surface area contributed by atoms with Crippen LogP contribution < -0.4 is 10.9 Å². The second-order valence-corrected chi connectivity index (χ2v) is 6.63. The Morgan fingerprint density at radius 1 is 1.31 bits per heavy atom. The second kappa shape index (κ2) is 8.12. The molecule has 0 saturated heterocycles. The molecule has 2 aromatic rings. The number of rotatable bonds is 6. The highest BCUT2D eigenvalue weighted by Crippen LogP contribution is 2.17. The number of para-hydroxylation sites is 1. The van der Waals surface area contributed by atoms with Crippen molar-refractivity contribution in [3.05, 3.63) is 40.9 Å². The van der Waals surface area contributed by atoms with Crippen molar-refractivity contribution < 1.29 is 14.3 Å². The van der Waals surface area contributed by atoms with Gasteiger partial charge in [0.2, 0.25) is 0 Å². The highest BCUT2D eigenvalue weighted by Gasteiger charge is 2.23. The average Bonchev–Trinajstić information content (AvgIpc) is 3.14. The standard InChI is InChI=1S/C19H23N3O4/c1-13(18(24)21-14-6-2-3-7-14)26-17(23)10-11-22-12-20-16-9-5-4-8-15(16)19(22)25/h4-5,8-9,12-14H,2-3,6-7,10-11H2,1H3,(H,21,24). The number of hydrogen-bond donors (Lipinski definition) is 1. The molecule has 1 aromatic heterocycles. The van der Waals surface area contributed by atoms with Gasteiger partial charge in [0.15, 0.2) is 6.10 Å². The topological polar surface area (TPSA) is 90.3 Å². The van der Waals surface area contributed by atoms with Crippen LogP contribution in [-0.4, -0.2) is 33.6 Å². The summed E-state index contributed by atoms with van der Waals surface area (Å²) in [5.41, 5.74) is 0.420. The van der Waals surface area contributed by atoms with Crippen LogP contribution in [0.25, 0.3) is 10.9 Å².